The topological polar surface area (TPSA) is 144 Å². The fourth-order valence-corrected chi connectivity index (χ4v) is 3.14. The third kappa shape index (κ3) is 8.66. The Hall–Kier alpha value is -2.46. The maximum absolute atomic E-state index is 12.8. The number of esters is 1. The zero-order chi connectivity index (χ0) is 23.2. The van der Waals surface area contributed by atoms with Crippen molar-refractivity contribution in [2.45, 2.75) is 77.9 Å². The normalized spacial score (nSPS) is 10.9. The van der Waals surface area contributed by atoms with Crippen molar-refractivity contribution in [3.8, 4) is 0 Å². The highest BCUT2D eigenvalue weighted by molar-refractivity contribution is 5.86. The Kier molecular flexibility index (Phi) is 12.5. The summed E-state index contributed by atoms with van der Waals surface area (Å²) in [4.78, 5) is 50.1. The van der Waals surface area contributed by atoms with Crippen molar-refractivity contribution in [1.82, 2.24) is 13.7 Å². The van der Waals surface area contributed by atoms with Crippen LogP contribution in [0.1, 0.15) is 58.3 Å². The summed E-state index contributed by atoms with van der Waals surface area (Å²) in [5, 5.41) is 0. The summed E-state index contributed by atoms with van der Waals surface area (Å²) >= 11 is 0. The third-order valence-corrected chi connectivity index (χ3v) is 4.95. The highest BCUT2D eigenvalue weighted by Crippen LogP contribution is 2.01. The molecule has 10 nitrogen and oxygen atoms in total. The Morgan fingerprint density at radius 1 is 0.742 bits per heavy atom. The van der Waals surface area contributed by atoms with E-state index in [1.807, 2.05) is 0 Å². The molecule has 0 saturated carbocycles. The number of ether oxygens (including phenoxy) is 1. The van der Waals surface area contributed by atoms with Crippen molar-refractivity contribution in [3.05, 3.63) is 43.6 Å². The molecule has 0 bridgehead atoms. The van der Waals surface area contributed by atoms with E-state index in [0.717, 1.165) is 52.2 Å². The summed E-state index contributed by atoms with van der Waals surface area (Å²) in [5.41, 5.74) is 9.26. The summed E-state index contributed by atoms with van der Waals surface area (Å²) in [6.45, 7) is 6.37. The molecule has 0 unspecified atom stereocenters. The monoisotopic (exact) mass is 439 g/mol. The number of carbonyl (C=O) groups is 1. The minimum Gasteiger partial charge on any atom is -0.460 e. The van der Waals surface area contributed by atoms with Crippen LogP contribution in [-0.4, -0.2) is 39.4 Å². The van der Waals surface area contributed by atoms with Gasteiger partial charge in [-0.25, -0.2) is 32.9 Å². The minimum atomic E-state index is -0.681. The van der Waals surface area contributed by atoms with Crippen LogP contribution in [0.3, 0.4) is 0 Å². The van der Waals surface area contributed by atoms with Crippen LogP contribution in [0.5, 0.6) is 0 Å². The molecule has 0 spiro atoms. The Morgan fingerprint density at radius 2 is 1.13 bits per heavy atom. The first-order valence-electron chi connectivity index (χ1n) is 11.0. The van der Waals surface area contributed by atoms with E-state index in [2.05, 4.69) is 6.58 Å². The summed E-state index contributed by atoms with van der Waals surface area (Å²) in [6.07, 6.45) is 6.53. The van der Waals surface area contributed by atoms with Crippen LogP contribution < -0.4 is 28.5 Å². The summed E-state index contributed by atoms with van der Waals surface area (Å²) in [7, 11) is 0. The molecule has 0 radical (unpaired) electrons. The molecule has 0 saturated heterocycles. The fourth-order valence-electron chi connectivity index (χ4n) is 3.14. The molecule has 0 aliphatic carbocycles. The molecule has 1 aromatic heterocycles. The van der Waals surface area contributed by atoms with E-state index in [9.17, 15) is 19.2 Å². The molecule has 0 aliphatic heterocycles. The molecule has 10 heteroatoms. The lowest BCUT2D eigenvalue weighted by molar-refractivity contribution is -0.139. The second-order valence-corrected chi connectivity index (χ2v) is 7.62. The molecule has 0 atom stereocenters. The van der Waals surface area contributed by atoms with Gasteiger partial charge in [-0.1, -0.05) is 32.3 Å². The molecule has 1 heterocycles. The molecule has 1 aromatic rings. The van der Waals surface area contributed by atoms with Crippen molar-refractivity contribution < 1.29 is 9.53 Å². The smallest absolute Gasteiger partial charge is 0.336 e. The van der Waals surface area contributed by atoms with E-state index in [0.29, 0.717) is 25.9 Å². The van der Waals surface area contributed by atoms with E-state index in [-0.39, 0.29) is 31.8 Å². The number of hydrogen-bond acceptors (Lipinski definition) is 7. The lowest BCUT2D eigenvalue weighted by Gasteiger charge is -2.14. The quantitative estimate of drug-likeness (QED) is 0.214. The fraction of sp³-hybridized carbons (Fsp3) is 0.714. The first kappa shape index (κ1) is 26.6. The van der Waals surface area contributed by atoms with Gasteiger partial charge >= 0.3 is 23.0 Å². The van der Waals surface area contributed by atoms with Gasteiger partial charge in [0, 0.05) is 18.7 Å². The van der Waals surface area contributed by atoms with Crippen LogP contribution in [0, 0.1) is 0 Å². The highest BCUT2D eigenvalue weighted by Gasteiger charge is 2.16. The number of carbonyl (C=O) groups excluding carboxylic acids is 1. The standard InChI is InChI=1S/C21H37N5O5/c1-17(2)18(27)31-16-15-26-20(29)24(13-9-5-3-7-11-22)19(28)25(21(26)30)14-10-6-4-8-12-23/h1,3-16,22-23H2,2H3. The molecular formula is C21H37N5O5. The number of hydrogen-bond donors (Lipinski definition) is 2. The molecule has 31 heavy (non-hydrogen) atoms. The summed E-state index contributed by atoms with van der Waals surface area (Å²) in [6, 6.07) is 0. The van der Waals surface area contributed by atoms with E-state index in [4.69, 9.17) is 16.2 Å². The lowest BCUT2D eigenvalue weighted by Crippen LogP contribution is -2.55. The number of rotatable bonds is 16. The molecule has 1 rings (SSSR count). The SMILES string of the molecule is C=C(C)C(=O)OCCn1c(=O)n(CCCCCCN)c(=O)n(CCCCCCN)c1=O. The largest absolute Gasteiger partial charge is 0.460 e. The van der Waals surface area contributed by atoms with Gasteiger partial charge in [-0.3, -0.25) is 0 Å². The third-order valence-electron chi connectivity index (χ3n) is 4.95. The van der Waals surface area contributed by atoms with Crippen molar-refractivity contribution in [1.29, 1.82) is 0 Å². The molecule has 4 N–H and O–H groups in total. The Morgan fingerprint density at radius 3 is 1.52 bits per heavy atom. The zero-order valence-electron chi connectivity index (χ0n) is 18.6. The van der Waals surface area contributed by atoms with E-state index in [1.165, 1.54) is 6.92 Å². The molecule has 0 aromatic carbocycles. The van der Waals surface area contributed by atoms with Crippen molar-refractivity contribution in [2.75, 3.05) is 19.7 Å². The Balaban J connectivity index is 3.07. The second kappa shape index (κ2) is 14.5. The van der Waals surface area contributed by atoms with Gasteiger partial charge in [-0.2, -0.15) is 0 Å². The van der Waals surface area contributed by atoms with Crippen LogP contribution in [0.4, 0.5) is 0 Å². The zero-order valence-corrected chi connectivity index (χ0v) is 18.6. The molecule has 176 valence electrons. The number of unbranched alkanes of at least 4 members (excludes halogenated alkanes) is 6. The number of nitrogens with two attached hydrogens (primary N) is 2. The second-order valence-electron chi connectivity index (χ2n) is 7.62. The first-order chi connectivity index (χ1) is 14.8. The molecule has 0 amide bonds. The van der Waals surface area contributed by atoms with Gasteiger partial charge in [0.15, 0.2) is 0 Å². The minimum absolute atomic E-state index is 0.128. The van der Waals surface area contributed by atoms with Crippen LogP contribution in [-0.2, 0) is 29.2 Å². The van der Waals surface area contributed by atoms with Crippen molar-refractivity contribution >= 4 is 5.97 Å². The van der Waals surface area contributed by atoms with Gasteiger partial charge in [0.2, 0.25) is 0 Å². The van der Waals surface area contributed by atoms with Crippen LogP contribution >= 0.6 is 0 Å². The Bertz CT molecular complexity index is 831. The number of nitrogens with zero attached hydrogens (tertiary/aromatic N) is 3. The van der Waals surface area contributed by atoms with Crippen LogP contribution in [0.2, 0.25) is 0 Å². The average molecular weight is 440 g/mol. The first-order valence-corrected chi connectivity index (χ1v) is 11.0. The maximum Gasteiger partial charge on any atom is 0.336 e. The van der Waals surface area contributed by atoms with E-state index >= 15 is 0 Å². The van der Waals surface area contributed by atoms with Gasteiger partial charge in [0.1, 0.15) is 6.61 Å². The maximum atomic E-state index is 12.8. The average Bonchev–Trinajstić information content (AvgIpc) is 2.74. The van der Waals surface area contributed by atoms with E-state index < -0.39 is 23.0 Å². The van der Waals surface area contributed by atoms with Crippen molar-refractivity contribution in [2.24, 2.45) is 11.5 Å². The molecular weight excluding hydrogens is 402 g/mol. The van der Waals surface area contributed by atoms with E-state index in [1.54, 1.807) is 0 Å². The Labute approximate surface area is 182 Å². The van der Waals surface area contributed by atoms with Gasteiger partial charge in [-0.05, 0) is 45.7 Å². The van der Waals surface area contributed by atoms with Crippen LogP contribution in [0.25, 0.3) is 0 Å². The van der Waals surface area contributed by atoms with Gasteiger partial charge in [0.05, 0.1) is 6.54 Å². The highest BCUT2D eigenvalue weighted by atomic mass is 16.5. The predicted octanol–water partition coefficient (Wildman–Crippen LogP) is 0.329. The lowest BCUT2D eigenvalue weighted by atomic mass is 10.2. The van der Waals surface area contributed by atoms with Crippen molar-refractivity contribution in [3.63, 3.8) is 0 Å². The number of aromatic nitrogens is 3. The molecule has 0 fully saturated rings. The summed E-state index contributed by atoms with van der Waals surface area (Å²) in [5.74, 6) is -0.596. The molecule has 0 aliphatic rings. The predicted molar refractivity (Wildman–Crippen MR) is 120 cm³/mol. The van der Waals surface area contributed by atoms with Gasteiger partial charge < -0.3 is 16.2 Å². The van der Waals surface area contributed by atoms with Gasteiger partial charge in [0.25, 0.3) is 0 Å². The summed E-state index contributed by atoms with van der Waals surface area (Å²) < 4.78 is 8.19. The van der Waals surface area contributed by atoms with Crippen LogP contribution in [0.15, 0.2) is 26.5 Å². The van der Waals surface area contributed by atoms with Gasteiger partial charge in [-0.15, -0.1) is 0 Å².